The predicted octanol–water partition coefficient (Wildman–Crippen LogP) is 2.15. The first kappa shape index (κ1) is 11.1. The Kier molecular flexibility index (Phi) is 3.25. The van der Waals surface area contributed by atoms with Gasteiger partial charge in [-0.1, -0.05) is 0 Å². The zero-order chi connectivity index (χ0) is 11.5. The second-order valence-corrected chi connectivity index (χ2v) is 4.34. The molecule has 86 valence electrons. The van der Waals surface area contributed by atoms with Crippen molar-refractivity contribution in [3.63, 3.8) is 0 Å². The van der Waals surface area contributed by atoms with Crippen LogP contribution in [0.2, 0.25) is 0 Å². The fraction of sp³-hybridized carbons (Fsp3) is 0.462. The molecule has 3 heteroatoms. The van der Waals surface area contributed by atoms with Gasteiger partial charge >= 0.3 is 0 Å². The minimum Gasteiger partial charge on any atom is -0.491 e. The molecule has 0 atom stereocenters. The summed E-state index contributed by atoms with van der Waals surface area (Å²) in [4.78, 5) is 11.8. The van der Waals surface area contributed by atoms with Crippen LogP contribution in [0.15, 0.2) is 18.2 Å². The molecule has 1 heterocycles. The van der Waals surface area contributed by atoms with Crippen LogP contribution >= 0.6 is 0 Å². The maximum absolute atomic E-state index is 11.8. The van der Waals surface area contributed by atoms with Crippen LogP contribution in [0.1, 0.15) is 36.2 Å². The minimum atomic E-state index is 0.160. The summed E-state index contributed by atoms with van der Waals surface area (Å²) in [6.07, 6.45) is 0.740. The Hall–Kier alpha value is -1.35. The third-order valence-electron chi connectivity index (χ3n) is 2.59. The summed E-state index contributed by atoms with van der Waals surface area (Å²) in [6.45, 7) is 5.49. The quantitative estimate of drug-likeness (QED) is 0.828. The number of hydrogen-bond acceptors (Lipinski definition) is 3. The van der Waals surface area contributed by atoms with Gasteiger partial charge in [0, 0.05) is 25.1 Å². The molecule has 1 N–H and O–H groups in total. The van der Waals surface area contributed by atoms with Gasteiger partial charge in [0.15, 0.2) is 5.78 Å². The highest BCUT2D eigenvalue weighted by Crippen LogP contribution is 2.21. The Labute approximate surface area is 95.8 Å². The van der Waals surface area contributed by atoms with Crippen molar-refractivity contribution in [1.29, 1.82) is 0 Å². The van der Waals surface area contributed by atoms with Crippen molar-refractivity contribution in [1.82, 2.24) is 5.32 Å². The van der Waals surface area contributed by atoms with Gasteiger partial charge < -0.3 is 10.1 Å². The lowest BCUT2D eigenvalue weighted by Crippen LogP contribution is -2.12. The van der Waals surface area contributed by atoms with Gasteiger partial charge in [-0.2, -0.15) is 0 Å². The molecule has 0 fully saturated rings. The second-order valence-electron chi connectivity index (χ2n) is 4.34. The minimum absolute atomic E-state index is 0.160. The van der Waals surface area contributed by atoms with Crippen LogP contribution in [0.3, 0.4) is 0 Å². The average molecular weight is 219 g/mol. The molecule has 16 heavy (non-hydrogen) atoms. The van der Waals surface area contributed by atoms with Crippen LogP contribution in [0.25, 0.3) is 0 Å². The van der Waals surface area contributed by atoms with Gasteiger partial charge in [0.25, 0.3) is 0 Å². The van der Waals surface area contributed by atoms with Gasteiger partial charge in [0.2, 0.25) is 0 Å². The number of ketones is 1. The van der Waals surface area contributed by atoms with E-state index >= 15 is 0 Å². The Morgan fingerprint density at radius 2 is 2.19 bits per heavy atom. The molecule has 0 amide bonds. The number of carbonyl (C=O) groups excluding carboxylic acids is 1. The molecule has 1 aromatic carbocycles. The first-order valence-corrected chi connectivity index (χ1v) is 5.70. The number of Topliss-reactive ketones (excluding diaryl/α,β-unsaturated/α-hetero) is 1. The molecule has 0 saturated carbocycles. The van der Waals surface area contributed by atoms with E-state index in [9.17, 15) is 4.79 Å². The molecule has 1 aliphatic rings. The number of fused-ring (bicyclic) bond motifs is 1. The molecular weight excluding hydrogens is 202 g/mol. The molecule has 0 bridgehead atoms. The van der Waals surface area contributed by atoms with Crippen LogP contribution < -0.4 is 10.1 Å². The molecule has 0 radical (unpaired) electrons. The van der Waals surface area contributed by atoms with Gasteiger partial charge in [-0.05, 0) is 37.6 Å². The van der Waals surface area contributed by atoms with E-state index in [0.717, 1.165) is 30.0 Å². The zero-order valence-electron chi connectivity index (χ0n) is 9.75. The van der Waals surface area contributed by atoms with Crippen molar-refractivity contribution in [3.05, 3.63) is 29.3 Å². The van der Waals surface area contributed by atoms with Crippen LogP contribution in [0.5, 0.6) is 5.75 Å². The molecule has 0 spiro atoms. The van der Waals surface area contributed by atoms with Crippen molar-refractivity contribution in [2.45, 2.75) is 32.9 Å². The molecule has 3 nitrogen and oxygen atoms in total. The number of ether oxygens (including phenoxy) is 1. The summed E-state index contributed by atoms with van der Waals surface area (Å²) >= 11 is 0. The largest absolute Gasteiger partial charge is 0.491 e. The average Bonchev–Trinajstić information content (AvgIpc) is 2.40. The van der Waals surface area contributed by atoms with Crippen LogP contribution in [-0.2, 0) is 6.54 Å². The van der Waals surface area contributed by atoms with E-state index in [1.165, 1.54) is 0 Å². The Morgan fingerprint density at radius 3 is 2.94 bits per heavy atom. The summed E-state index contributed by atoms with van der Waals surface area (Å²) in [5.41, 5.74) is 1.88. The summed E-state index contributed by atoms with van der Waals surface area (Å²) in [5, 5.41) is 3.24. The highest BCUT2D eigenvalue weighted by Gasteiger charge is 2.15. The number of nitrogens with one attached hydrogen (secondary N) is 1. The monoisotopic (exact) mass is 219 g/mol. The van der Waals surface area contributed by atoms with Crippen molar-refractivity contribution >= 4 is 5.78 Å². The maximum Gasteiger partial charge on any atom is 0.164 e. The Bertz CT molecular complexity index is 399. The lowest BCUT2D eigenvalue weighted by Gasteiger charge is -2.12. The van der Waals surface area contributed by atoms with Gasteiger partial charge in [0.1, 0.15) is 5.75 Å². The third kappa shape index (κ3) is 2.42. The van der Waals surface area contributed by atoms with E-state index in [4.69, 9.17) is 4.74 Å². The Morgan fingerprint density at radius 1 is 1.38 bits per heavy atom. The van der Waals surface area contributed by atoms with Crippen molar-refractivity contribution in [2.75, 3.05) is 6.54 Å². The standard InChI is InChI=1S/C13H17NO2/c1-9(2)16-11-3-4-12-10(7-11)8-14-6-5-13(12)15/h3-4,7,9,14H,5-6,8H2,1-2H3. The third-order valence-corrected chi connectivity index (χ3v) is 2.59. The number of hydrogen-bond donors (Lipinski definition) is 1. The fourth-order valence-corrected chi connectivity index (χ4v) is 1.89. The van der Waals surface area contributed by atoms with Gasteiger partial charge in [-0.25, -0.2) is 0 Å². The molecular formula is C13H17NO2. The summed E-state index contributed by atoms with van der Waals surface area (Å²) in [7, 11) is 0. The first-order valence-electron chi connectivity index (χ1n) is 5.70. The van der Waals surface area contributed by atoms with E-state index < -0.39 is 0 Å². The Balaban J connectivity index is 2.30. The fourth-order valence-electron chi connectivity index (χ4n) is 1.89. The highest BCUT2D eigenvalue weighted by atomic mass is 16.5. The van der Waals surface area contributed by atoms with Gasteiger partial charge in [-0.3, -0.25) is 4.79 Å². The van der Waals surface area contributed by atoms with Crippen LogP contribution in [-0.4, -0.2) is 18.4 Å². The van der Waals surface area contributed by atoms with E-state index in [1.807, 2.05) is 32.0 Å². The smallest absolute Gasteiger partial charge is 0.164 e. The SMILES string of the molecule is CC(C)Oc1ccc2c(c1)CNCCC2=O. The normalized spacial score (nSPS) is 15.8. The number of carbonyl (C=O) groups is 1. The molecule has 0 aromatic heterocycles. The lowest BCUT2D eigenvalue weighted by atomic mass is 10.0. The molecule has 1 aliphatic heterocycles. The molecule has 0 saturated heterocycles. The summed E-state index contributed by atoms with van der Waals surface area (Å²) < 4.78 is 5.62. The molecule has 1 aromatic rings. The molecule has 0 aliphatic carbocycles. The van der Waals surface area contributed by atoms with Gasteiger partial charge in [-0.15, -0.1) is 0 Å². The van der Waals surface area contributed by atoms with E-state index in [1.54, 1.807) is 0 Å². The van der Waals surface area contributed by atoms with Crippen molar-refractivity contribution < 1.29 is 9.53 Å². The van der Waals surface area contributed by atoms with Crippen molar-refractivity contribution in [3.8, 4) is 5.75 Å². The molecule has 2 rings (SSSR count). The van der Waals surface area contributed by atoms with Gasteiger partial charge in [0.05, 0.1) is 6.10 Å². The topological polar surface area (TPSA) is 38.3 Å². The van der Waals surface area contributed by atoms with Crippen molar-refractivity contribution in [2.24, 2.45) is 0 Å². The maximum atomic E-state index is 11.8. The highest BCUT2D eigenvalue weighted by molar-refractivity contribution is 5.98. The van der Waals surface area contributed by atoms with Crippen LogP contribution in [0.4, 0.5) is 0 Å². The predicted molar refractivity (Wildman–Crippen MR) is 62.9 cm³/mol. The van der Waals surface area contributed by atoms with E-state index in [2.05, 4.69) is 5.32 Å². The summed E-state index contributed by atoms with van der Waals surface area (Å²) in [5.74, 6) is 1.06. The lowest BCUT2D eigenvalue weighted by molar-refractivity contribution is 0.0985. The zero-order valence-corrected chi connectivity index (χ0v) is 9.75. The summed E-state index contributed by atoms with van der Waals surface area (Å²) in [6, 6.07) is 5.72. The molecule has 0 unspecified atom stereocenters. The van der Waals surface area contributed by atoms with E-state index in [0.29, 0.717) is 6.42 Å². The first-order chi connectivity index (χ1) is 7.66. The number of rotatable bonds is 2. The van der Waals surface area contributed by atoms with E-state index in [-0.39, 0.29) is 11.9 Å². The number of benzene rings is 1. The second kappa shape index (κ2) is 4.66. The van der Waals surface area contributed by atoms with Crippen LogP contribution in [0, 0.1) is 0 Å².